The molecule has 9 nitrogen and oxygen atoms in total. The number of aromatic hydroxyl groups is 1. The summed E-state index contributed by atoms with van der Waals surface area (Å²) in [6.07, 6.45) is 1.93. The van der Waals surface area contributed by atoms with Crippen molar-refractivity contribution in [1.82, 2.24) is 25.1 Å². The lowest BCUT2D eigenvalue weighted by Gasteiger charge is -2.28. The first kappa shape index (κ1) is 25.1. The molecule has 3 heterocycles. The summed E-state index contributed by atoms with van der Waals surface area (Å²) in [7, 11) is 3.88. The van der Waals surface area contributed by atoms with Gasteiger partial charge in [0.2, 0.25) is 5.82 Å². The van der Waals surface area contributed by atoms with Crippen LogP contribution >= 0.6 is 0 Å². The highest BCUT2D eigenvalue weighted by Crippen LogP contribution is 2.32. The number of phenolic OH excluding ortho intramolecular Hbond substituents is 1. The molecule has 3 aromatic rings. The van der Waals surface area contributed by atoms with Gasteiger partial charge in [0.15, 0.2) is 17.5 Å². The zero-order valence-corrected chi connectivity index (χ0v) is 21.0. The Balaban J connectivity index is 1.58. The van der Waals surface area contributed by atoms with E-state index in [1.165, 1.54) is 6.20 Å². The van der Waals surface area contributed by atoms with Gasteiger partial charge >= 0.3 is 0 Å². The third-order valence-corrected chi connectivity index (χ3v) is 6.45. The summed E-state index contributed by atoms with van der Waals surface area (Å²) in [4.78, 5) is 14.6. The quantitative estimate of drug-likeness (QED) is 0.534. The molecular weight excluding hydrogens is 459 g/mol. The third kappa shape index (κ3) is 5.47. The van der Waals surface area contributed by atoms with Crippen LogP contribution < -0.4 is 15.5 Å². The number of halogens is 1. The van der Waals surface area contributed by atoms with Crippen molar-refractivity contribution >= 4 is 17.3 Å². The summed E-state index contributed by atoms with van der Waals surface area (Å²) < 4.78 is 14.9. The molecule has 0 aliphatic carbocycles. The van der Waals surface area contributed by atoms with E-state index in [0.717, 1.165) is 12.1 Å². The Morgan fingerprint density at radius 2 is 1.97 bits per heavy atom. The van der Waals surface area contributed by atoms with Crippen LogP contribution in [0.2, 0.25) is 0 Å². The first-order valence-electron chi connectivity index (χ1n) is 11.9. The van der Waals surface area contributed by atoms with Crippen molar-refractivity contribution < 1.29 is 9.50 Å². The zero-order valence-electron chi connectivity index (χ0n) is 21.0. The summed E-state index contributed by atoms with van der Waals surface area (Å²) in [6, 6.07) is 8.85. The van der Waals surface area contributed by atoms with Gasteiger partial charge in [-0.3, -0.25) is 4.90 Å². The van der Waals surface area contributed by atoms with Gasteiger partial charge in [0.25, 0.3) is 0 Å². The molecule has 188 valence electrons. The van der Waals surface area contributed by atoms with Crippen LogP contribution in [0, 0.1) is 17.7 Å². The smallest absolute Gasteiger partial charge is 0.207 e. The van der Waals surface area contributed by atoms with Crippen LogP contribution in [0.15, 0.2) is 36.5 Å². The number of anilines is 3. The molecule has 2 unspecified atom stereocenters. The highest BCUT2D eigenvalue weighted by molar-refractivity contribution is 5.74. The fraction of sp³-hybridized carbons (Fsp3) is 0.385. The Hall–Kier alpha value is -3.97. The summed E-state index contributed by atoms with van der Waals surface area (Å²) >= 11 is 0. The number of phenols is 1. The van der Waals surface area contributed by atoms with E-state index in [-0.39, 0.29) is 23.7 Å². The summed E-state index contributed by atoms with van der Waals surface area (Å²) in [5.41, 5.74) is 8.04. The SMILES string of the molecule is CC(C#Cc1ncc(F)c(N2CCN(c3cc(-c4ccccc4O)nnc3N)CCC2C)n1)N(C)C. The molecule has 1 saturated heterocycles. The lowest BCUT2D eigenvalue weighted by atomic mass is 10.1. The Morgan fingerprint density at radius 3 is 2.72 bits per heavy atom. The molecule has 1 fully saturated rings. The van der Waals surface area contributed by atoms with E-state index in [4.69, 9.17) is 5.73 Å². The van der Waals surface area contributed by atoms with Gasteiger partial charge in [0.1, 0.15) is 5.75 Å². The molecule has 0 saturated carbocycles. The van der Waals surface area contributed by atoms with Gasteiger partial charge in [-0.1, -0.05) is 18.1 Å². The van der Waals surface area contributed by atoms with Crippen LogP contribution in [0.4, 0.5) is 21.7 Å². The Kier molecular flexibility index (Phi) is 7.50. The monoisotopic (exact) mass is 490 g/mol. The number of nitrogens with two attached hydrogens (primary N) is 1. The maximum Gasteiger partial charge on any atom is 0.207 e. The predicted molar refractivity (Wildman–Crippen MR) is 139 cm³/mol. The maximum absolute atomic E-state index is 14.9. The molecule has 10 heteroatoms. The first-order valence-corrected chi connectivity index (χ1v) is 11.9. The van der Waals surface area contributed by atoms with E-state index in [1.54, 1.807) is 18.2 Å². The van der Waals surface area contributed by atoms with Crippen LogP contribution in [-0.2, 0) is 0 Å². The van der Waals surface area contributed by atoms with Crippen LogP contribution in [0.1, 0.15) is 26.1 Å². The van der Waals surface area contributed by atoms with Crippen LogP contribution in [0.3, 0.4) is 0 Å². The van der Waals surface area contributed by atoms with Gasteiger partial charge < -0.3 is 20.6 Å². The van der Waals surface area contributed by atoms with Crippen molar-refractivity contribution in [3.05, 3.63) is 48.2 Å². The van der Waals surface area contributed by atoms with Crippen molar-refractivity contribution in [1.29, 1.82) is 0 Å². The van der Waals surface area contributed by atoms with Gasteiger partial charge in [0.05, 0.1) is 23.6 Å². The fourth-order valence-corrected chi connectivity index (χ4v) is 4.00. The van der Waals surface area contributed by atoms with Crippen LogP contribution in [0.25, 0.3) is 11.3 Å². The van der Waals surface area contributed by atoms with Gasteiger partial charge in [0, 0.05) is 31.2 Å². The Labute approximate surface area is 210 Å². The fourth-order valence-electron chi connectivity index (χ4n) is 4.00. The molecule has 4 rings (SSSR count). The molecule has 0 radical (unpaired) electrons. The average molecular weight is 491 g/mol. The molecule has 2 aromatic heterocycles. The summed E-state index contributed by atoms with van der Waals surface area (Å²) in [5, 5.41) is 18.5. The largest absolute Gasteiger partial charge is 0.507 e. The van der Waals surface area contributed by atoms with E-state index in [9.17, 15) is 9.50 Å². The highest BCUT2D eigenvalue weighted by Gasteiger charge is 2.26. The molecular formula is C26H31FN8O. The van der Waals surface area contributed by atoms with E-state index in [1.807, 2.05) is 49.9 Å². The number of nitrogens with zero attached hydrogens (tertiary/aromatic N) is 7. The van der Waals surface area contributed by atoms with Crippen molar-refractivity contribution in [2.75, 3.05) is 49.3 Å². The van der Waals surface area contributed by atoms with Crippen molar-refractivity contribution in [2.24, 2.45) is 0 Å². The van der Waals surface area contributed by atoms with Crippen molar-refractivity contribution in [3.63, 3.8) is 0 Å². The molecule has 1 aliphatic rings. The van der Waals surface area contributed by atoms with E-state index in [0.29, 0.717) is 42.5 Å². The molecule has 1 aliphatic heterocycles. The van der Waals surface area contributed by atoms with Crippen molar-refractivity contribution in [2.45, 2.75) is 32.4 Å². The molecule has 36 heavy (non-hydrogen) atoms. The Bertz CT molecular complexity index is 1290. The minimum Gasteiger partial charge on any atom is -0.507 e. The lowest BCUT2D eigenvalue weighted by Crippen LogP contribution is -2.36. The molecule has 1 aromatic carbocycles. The van der Waals surface area contributed by atoms with Crippen LogP contribution in [-0.4, -0.2) is 76.0 Å². The average Bonchev–Trinajstić information content (AvgIpc) is 3.05. The number of nitrogen functional groups attached to an aromatic ring is 1. The number of hydrogen-bond donors (Lipinski definition) is 2. The number of benzene rings is 1. The third-order valence-electron chi connectivity index (χ3n) is 6.45. The second-order valence-corrected chi connectivity index (χ2v) is 9.11. The lowest BCUT2D eigenvalue weighted by molar-refractivity contribution is 0.373. The molecule has 0 spiro atoms. The number of hydrogen-bond acceptors (Lipinski definition) is 9. The standard InChI is InChI=1S/C26H31FN8O/c1-17(33(3)4)9-10-24-29-16-20(27)26(30-24)35-14-13-34(12-11-18(35)2)22-15-21(31-32-25(22)28)19-7-5-6-8-23(19)36/h5-8,15-18,36H,11-14H2,1-4H3,(H2,28,32). The summed E-state index contributed by atoms with van der Waals surface area (Å²) in [6.45, 7) is 5.80. The highest BCUT2D eigenvalue weighted by atomic mass is 19.1. The normalized spacial score (nSPS) is 16.9. The van der Waals surface area contributed by atoms with E-state index >= 15 is 0 Å². The number of aromatic nitrogens is 4. The topological polar surface area (TPSA) is 108 Å². The first-order chi connectivity index (χ1) is 17.2. The minimum atomic E-state index is -0.478. The second-order valence-electron chi connectivity index (χ2n) is 9.11. The minimum absolute atomic E-state index is 0.0227. The number of para-hydroxylation sites is 1. The molecule has 2 atom stereocenters. The molecule has 0 bridgehead atoms. The van der Waals surface area contributed by atoms with Gasteiger partial charge in [-0.15, -0.1) is 10.2 Å². The van der Waals surface area contributed by atoms with Crippen molar-refractivity contribution in [3.8, 4) is 28.8 Å². The predicted octanol–water partition coefficient (Wildman–Crippen LogP) is 2.77. The maximum atomic E-state index is 14.9. The van der Waals surface area contributed by atoms with Gasteiger partial charge in [-0.2, -0.15) is 0 Å². The number of rotatable bonds is 4. The zero-order chi connectivity index (χ0) is 25.8. The Morgan fingerprint density at radius 1 is 1.19 bits per heavy atom. The van der Waals surface area contributed by atoms with Crippen LogP contribution in [0.5, 0.6) is 5.75 Å². The van der Waals surface area contributed by atoms with E-state index < -0.39 is 5.82 Å². The molecule has 0 amide bonds. The van der Waals surface area contributed by atoms with Gasteiger partial charge in [-0.25, -0.2) is 14.4 Å². The van der Waals surface area contributed by atoms with E-state index in [2.05, 4.69) is 36.9 Å². The summed E-state index contributed by atoms with van der Waals surface area (Å²) in [5.74, 6) is 6.53. The molecule has 3 N–H and O–H groups in total. The van der Waals surface area contributed by atoms with Gasteiger partial charge in [-0.05, 0) is 58.5 Å². The second kappa shape index (κ2) is 10.7.